The maximum atomic E-state index is 10.4. The third-order valence-electron chi connectivity index (χ3n) is 11.1. The van der Waals surface area contributed by atoms with E-state index in [1.807, 2.05) is 36.4 Å². The summed E-state index contributed by atoms with van der Waals surface area (Å²) >= 11 is 0. The van der Waals surface area contributed by atoms with E-state index in [0.717, 1.165) is 61.0 Å². The van der Waals surface area contributed by atoms with Crippen LogP contribution in [0.5, 0.6) is 0 Å². The Bertz CT molecular complexity index is 3400. The summed E-state index contributed by atoms with van der Waals surface area (Å²) in [4.78, 5) is 0. The molecule has 0 aliphatic carbocycles. The van der Waals surface area contributed by atoms with E-state index in [4.69, 9.17) is 0 Å². The average molecular weight is 700 g/mol. The molecule has 11 rings (SSSR count). The highest BCUT2D eigenvalue weighted by Gasteiger charge is 2.20. The molecule has 254 valence electrons. The number of rotatable bonds is 4. The normalized spacial score (nSPS) is 11.6. The summed E-state index contributed by atoms with van der Waals surface area (Å²) in [6.07, 6.45) is 0. The second kappa shape index (κ2) is 11.8. The quantitative estimate of drug-likeness (QED) is 0.184. The van der Waals surface area contributed by atoms with Crippen molar-refractivity contribution in [2.75, 3.05) is 0 Å². The first kappa shape index (κ1) is 30.7. The number of para-hydroxylation sites is 4. The van der Waals surface area contributed by atoms with E-state index in [1.165, 1.54) is 32.6 Å². The summed E-state index contributed by atoms with van der Waals surface area (Å²) in [5, 5.41) is 26.9. The van der Waals surface area contributed by atoms with Crippen LogP contribution in [-0.4, -0.2) is 13.7 Å². The van der Waals surface area contributed by atoms with Crippen molar-refractivity contribution >= 4 is 65.4 Å². The zero-order chi connectivity index (χ0) is 36.6. The molecule has 0 bridgehead atoms. The lowest BCUT2D eigenvalue weighted by atomic mass is 9.99. The highest BCUT2D eigenvalue weighted by atomic mass is 15.0. The lowest BCUT2D eigenvalue weighted by Crippen LogP contribution is -1.98. The van der Waals surface area contributed by atoms with Crippen molar-refractivity contribution in [2.45, 2.75) is 0 Å². The van der Waals surface area contributed by atoms with Crippen molar-refractivity contribution in [3.63, 3.8) is 0 Å². The summed E-state index contributed by atoms with van der Waals surface area (Å²) in [5.74, 6) is 0. The number of hydrogen-bond donors (Lipinski definition) is 0. The number of fused-ring (bicyclic) bond motifs is 9. The minimum atomic E-state index is 0.615. The average Bonchev–Trinajstić information content (AvgIpc) is 3.89. The van der Waals surface area contributed by atoms with Crippen LogP contribution in [-0.2, 0) is 0 Å². The largest absolute Gasteiger partial charge is 0.309 e. The number of nitrogens with zero attached hydrogens (tertiary/aromatic N) is 5. The van der Waals surface area contributed by atoms with Gasteiger partial charge >= 0.3 is 0 Å². The lowest BCUT2D eigenvalue weighted by molar-refractivity contribution is 1.17. The summed E-state index contributed by atoms with van der Waals surface area (Å²) in [5.41, 5.74) is 12.9. The Morgan fingerprint density at radius 2 is 0.891 bits per heavy atom. The summed E-state index contributed by atoms with van der Waals surface area (Å²) in [6.45, 7) is 0. The third kappa shape index (κ3) is 4.45. The molecule has 5 nitrogen and oxygen atoms in total. The predicted molar refractivity (Wildman–Crippen MR) is 224 cm³/mol. The molecule has 0 aliphatic heterocycles. The predicted octanol–water partition coefficient (Wildman–Crippen LogP) is 12.4. The van der Waals surface area contributed by atoms with E-state index in [2.05, 4.69) is 165 Å². The Hall–Kier alpha value is -7.86. The fraction of sp³-hybridized carbons (Fsp3) is 0. The fourth-order valence-electron chi connectivity index (χ4n) is 8.77. The van der Waals surface area contributed by atoms with Crippen LogP contribution in [0.1, 0.15) is 11.1 Å². The first-order valence-corrected chi connectivity index (χ1v) is 18.3. The number of benzene rings is 8. The topological polar surface area (TPSA) is 62.4 Å². The Kier molecular flexibility index (Phi) is 6.61. The van der Waals surface area contributed by atoms with Crippen LogP contribution in [0.15, 0.2) is 176 Å². The van der Waals surface area contributed by atoms with Gasteiger partial charge in [-0.3, -0.25) is 0 Å². The van der Waals surface area contributed by atoms with Crippen molar-refractivity contribution in [1.29, 1.82) is 10.5 Å². The minimum absolute atomic E-state index is 0.615. The van der Waals surface area contributed by atoms with Gasteiger partial charge in [-0.2, -0.15) is 10.5 Å². The Balaban J connectivity index is 1.09. The van der Waals surface area contributed by atoms with Crippen molar-refractivity contribution in [1.82, 2.24) is 13.7 Å². The molecular formula is C50H29N5. The molecule has 0 atom stereocenters. The van der Waals surface area contributed by atoms with E-state index in [1.54, 1.807) is 0 Å². The van der Waals surface area contributed by atoms with Crippen LogP contribution >= 0.6 is 0 Å². The van der Waals surface area contributed by atoms with Gasteiger partial charge in [0.15, 0.2) is 0 Å². The lowest BCUT2D eigenvalue weighted by Gasteiger charge is -2.14. The fourth-order valence-corrected chi connectivity index (χ4v) is 8.77. The van der Waals surface area contributed by atoms with E-state index >= 15 is 0 Å². The second-order valence-corrected chi connectivity index (χ2v) is 14.0. The zero-order valence-electron chi connectivity index (χ0n) is 29.5. The Labute approximate surface area is 316 Å². The van der Waals surface area contributed by atoms with E-state index in [9.17, 15) is 10.5 Å². The van der Waals surface area contributed by atoms with Crippen molar-refractivity contribution in [2.24, 2.45) is 0 Å². The van der Waals surface area contributed by atoms with Gasteiger partial charge in [0, 0.05) is 49.3 Å². The number of nitriles is 2. The van der Waals surface area contributed by atoms with Gasteiger partial charge in [-0.25, -0.2) is 0 Å². The molecule has 0 N–H and O–H groups in total. The van der Waals surface area contributed by atoms with Crippen molar-refractivity contribution in [3.05, 3.63) is 187 Å². The third-order valence-corrected chi connectivity index (χ3v) is 11.1. The summed E-state index contributed by atoms with van der Waals surface area (Å²) in [7, 11) is 0. The van der Waals surface area contributed by atoms with Crippen LogP contribution in [0, 0.1) is 22.7 Å². The van der Waals surface area contributed by atoms with Crippen LogP contribution in [0.25, 0.3) is 93.6 Å². The van der Waals surface area contributed by atoms with Gasteiger partial charge in [-0.1, -0.05) is 91.0 Å². The monoisotopic (exact) mass is 699 g/mol. The Morgan fingerprint density at radius 3 is 1.55 bits per heavy atom. The maximum absolute atomic E-state index is 10.4. The molecule has 5 heteroatoms. The van der Waals surface area contributed by atoms with Gasteiger partial charge in [0.1, 0.15) is 0 Å². The first-order chi connectivity index (χ1) is 27.2. The summed E-state index contributed by atoms with van der Waals surface area (Å²) < 4.78 is 6.97. The smallest absolute Gasteiger partial charge is 0.0998 e. The van der Waals surface area contributed by atoms with Gasteiger partial charge in [0.2, 0.25) is 0 Å². The van der Waals surface area contributed by atoms with Gasteiger partial charge in [-0.15, -0.1) is 0 Å². The molecule has 0 unspecified atom stereocenters. The zero-order valence-corrected chi connectivity index (χ0v) is 29.5. The second-order valence-electron chi connectivity index (χ2n) is 14.0. The van der Waals surface area contributed by atoms with Crippen LogP contribution in [0.4, 0.5) is 0 Å². The first-order valence-electron chi connectivity index (χ1n) is 18.3. The molecule has 0 saturated carbocycles. The minimum Gasteiger partial charge on any atom is -0.309 e. The molecule has 11 aromatic rings. The van der Waals surface area contributed by atoms with E-state index in [0.29, 0.717) is 11.1 Å². The molecule has 0 saturated heterocycles. The number of hydrogen-bond acceptors (Lipinski definition) is 2. The van der Waals surface area contributed by atoms with Crippen molar-refractivity contribution in [3.8, 4) is 40.3 Å². The molecule has 0 spiro atoms. The maximum Gasteiger partial charge on any atom is 0.0998 e. The molecule has 0 radical (unpaired) electrons. The summed E-state index contributed by atoms with van der Waals surface area (Å²) in [6, 6.07) is 65.9. The molecule has 0 fully saturated rings. The van der Waals surface area contributed by atoms with Gasteiger partial charge in [0.05, 0.1) is 62.1 Å². The molecule has 3 heterocycles. The van der Waals surface area contributed by atoms with Crippen LogP contribution in [0.3, 0.4) is 0 Å². The SMILES string of the molecule is N#Cc1ccc2c(c1)c1ccccc1n2-c1ccc(-c2cc(-n3c4ccccc4c4c(-n5c6ccccc6c6ccccc65)cccc43)ccc2C#N)cc1. The Morgan fingerprint density at radius 1 is 0.364 bits per heavy atom. The molecule has 0 aliphatic rings. The number of aromatic nitrogens is 3. The van der Waals surface area contributed by atoms with Crippen LogP contribution < -0.4 is 0 Å². The van der Waals surface area contributed by atoms with Crippen LogP contribution in [0.2, 0.25) is 0 Å². The molecule has 55 heavy (non-hydrogen) atoms. The molecule has 8 aromatic carbocycles. The van der Waals surface area contributed by atoms with E-state index in [-0.39, 0.29) is 0 Å². The van der Waals surface area contributed by atoms with E-state index < -0.39 is 0 Å². The van der Waals surface area contributed by atoms with Crippen molar-refractivity contribution < 1.29 is 0 Å². The van der Waals surface area contributed by atoms with Gasteiger partial charge in [-0.05, 0) is 90.5 Å². The highest BCUT2D eigenvalue weighted by Crippen LogP contribution is 2.41. The highest BCUT2D eigenvalue weighted by molar-refractivity contribution is 6.16. The molecule has 0 amide bonds. The molecule has 3 aromatic heterocycles. The van der Waals surface area contributed by atoms with Gasteiger partial charge in [0.25, 0.3) is 0 Å². The standard InChI is InChI=1S/C50H29N5/c51-30-32-20-27-47-42(28-32)39-12-3-5-14-43(39)53(47)35-24-21-33(22-25-35)41-29-36(26-23-34(41)31-52)54-46-17-8-4-13-40(46)50-48(54)18-9-19-49(50)55-44-15-6-1-10-37(44)38-11-2-7-16-45(38)55/h1-29H. The molecular weight excluding hydrogens is 671 g/mol. The van der Waals surface area contributed by atoms with Gasteiger partial charge < -0.3 is 13.7 Å².